The molecule has 1 aliphatic carbocycles. The molecule has 0 radical (unpaired) electrons. The van der Waals surface area contributed by atoms with Crippen molar-refractivity contribution in [1.82, 2.24) is 4.90 Å². The van der Waals surface area contributed by atoms with E-state index in [-0.39, 0.29) is 32.1 Å². The molecule has 4 aromatic rings. The summed E-state index contributed by atoms with van der Waals surface area (Å²) in [5.74, 6) is 0. The van der Waals surface area contributed by atoms with E-state index in [1.165, 1.54) is 37.7 Å². The normalized spacial score (nSPS) is 13.0. The first-order valence-electron chi connectivity index (χ1n) is 15.3. The van der Waals surface area contributed by atoms with Gasteiger partial charge in [-0.1, -0.05) is 100 Å². The molecule has 1 aliphatic rings. The Morgan fingerprint density at radius 1 is 0.605 bits per heavy atom. The molecule has 0 N–H and O–H groups in total. The smallest absolute Gasteiger partial charge is 0 e. The third-order valence-electron chi connectivity index (χ3n) is 6.87. The molecular weight excluding hydrogens is 689 g/mol. The first-order valence-corrected chi connectivity index (χ1v) is 15.3. The van der Waals surface area contributed by atoms with Crippen molar-refractivity contribution in [1.29, 1.82) is 0 Å². The Balaban J connectivity index is 0.000000340. The van der Waals surface area contributed by atoms with Crippen LogP contribution in [0, 0.1) is 20.8 Å². The Labute approximate surface area is 282 Å². The van der Waals surface area contributed by atoms with E-state index in [2.05, 4.69) is 69.9 Å². The van der Waals surface area contributed by atoms with Crippen LogP contribution in [-0.2, 0) is 32.4 Å². The molecule has 0 aliphatic heterocycles. The van der Waals surface area contributed by atoms with Crippen molar-refractivity contribution in [2.75, 3.05) is 13.1 Å². The van der Waals surface area contributed by atoms with Crippen molar-refractivity contribution in [3.8, 4) is 0 Å². The van der Waals surface area contributed by atoms with Crippen LogP contribution >= 0.6 is 0 Å². The van der Waals surface area contributed by atoms with Crippen LogP contribution in [0.4, 0.5) is 0 Å². The minimum absolute atomic E-state index is 0. The van der Waals surface area contributed by atoms with Gasteiger partial charge in [0.1, 0.15) is 0 Å². The van der Waals surface area contributed by atoms with Gasteiger partial charge in [-0.3, -0.25) is 0 Å². The van der Waals surface area contributed by atoms with Crippen molar-refractivity contribution >= 4 is 0 Å². The zero-order valence-electron chi connectivity index (χ0n) is 26.3. The van der Waals surface area contributed by atoms with Crippen molar-refractivity contribution in [3.63, 3.8) is 0 Å². The molecule has 43 heavy (non-hydrogen) atoms. The summed E-state index contributed by atoms with van der Waals surface area (Å²) in [5.41, 5.74) is 4.49. The number of rotatable bonds is 8. The molecule has 0 aromatic heterocycles. The summed E-state index contributed by atoms with van der Waals surface area (Å²) in [4.78, 5) is 2.36. The van der Waals surface area contributed by atoms with Crippen LogP contribution in [0.3, 0.4) is 0 Å². The molecule has 0 spiro atoms. The molecular formula is C39H50HfN3-5. The molecule has 0 bridgehead atoms. The Morgan fingerprint density at radius 3 is 1.30 bits per heavy atom. The average Bonchev–Trinajstić information content (AvgIpc) is 3.03. The van der Waals surface area contributed by atoms with E-state index in [0.717, 1.165) is 36.3 Å². The van der Waals surface area contributed by atoms with Gasteiger partial charge in [0.05, 0.1) is 0 Å². The minimum Gasteiger partial charge on any atom is -0.663 e. The molecule has 1 fully saturated rings. The first kappa shape index (κ1) is 38.3. The Hall–Kier alpha value is -2.76. The van der Waals surface area contributed by atoms with Crippen molar-refractivity contribution < 1.29 is 25.8 Å². The number of nitrogens with zero attached hydrogens (tertiary/aromatic N) is 3. The van der Waals surface area contributed by atoms with Gasteiger partial charge in [0, 0.05) is 25.8 Å². The van der Waals surface area contributed by atoms with Crippen molar-refractivity contribution in [2.24, 2.45) is 0 Å². The molecule has 4 aromatic carbocycles. The van der Waals surface area contributed by atoms with Crippen LogP contribution in [0.1, 0.15) is 68.2 Å². The SMILES string of the molecule is CCN(CC)C([N-]Cc1ccccc1)[N-]C1CCCCC1.[CH2-]c1ccccc1.[CH2-]c1ccccc1.[CH2-]c1ccccc1.[Hf]. The third kappa shape index (κ3) is 18.5. The van der Waals surface area contributed by atoms with Gasteiger partial charge in [-0.05, 0) is 13.1 Å². The van der Waals surface area contributed by atoms with Gasteiger partial charge in [-0.25, -0.2) is 0 Å². The van der Waals surface area contributed by atoms with Crippen LogP contribution < -0.4 is 0 Å². The van der Waals surface area contributed by atoms with Gasteiger partial charge in [-0.15, -0.1) is 49.0 Å². The van der Waals surface area contributed by atoms with E-state index in [1.807, 2.05) is 91.0 Å². The molecule has 1 unspecified atom stereocenters. The number of benzene rings is 4. The largest absolute Gasteiger partial charge is 0.663 e. The van der Waals surface area contributed by atoms with Crippen LogP contribution in [0.15, 0.2) is 121 Å². The first-order chi connectivity index (χ1) is 20.5. The summed E-state index contributed by atoms with van der Waals surface area (Å²) in [5, 5.41) is 9.94. The van der Waals surface area contributed by atoms with Gasteiger partial charge < -0.3 is 15.5 Å². The molecule has 4 heteroatoms. The molecule has 3 nitrogen and oxygen atoms in total. The summed E-state index contributed by atoms with van der Waals surface area (Å²) in [6.07, 6.45) is 6.57. The van der Waals surface area contributed by atoms with E-state index in [9.17, 15) is 0 Å². The molecule has 0 saturated heterocycles. The van der Waals surface area contributed by atoms with E-state index in [4.69, 9.17) is 10.6 Å². The van der Waals surface area contributed by atoms with Crippen molar-refractivity contribution in [2.45, 2.75) is 64.8 Å². The Bertz CT molecular complexity index is 1040. The fraction of sp³-hybridized carbons (Fsp3) is 0.308. The molecule has 1 saturated carbocycles. The summed E-state index contributed by atoms with van der Waals surface area (Å²) >= 11 is 0. The fourth-order valence-corrected chi connectivity index (χ4v) is 4.43. The Kier molecular flexibility index (Phi) is 21.9. The van der Waals surface area contributed by atoms with Gasteiger partial charge >= 0.3 is 0 Å². The quantitative estimate of drug-likeness (QED) is 0.131. The van der Waals surface area contributed by atoms with E-state index in [1.54, 1.807) is 0 Å². The molecule has 0 amide bonds. The van der Waals surface area contributed by atoms with Gasteiger partial charge in [0.2, 0.25) is 0 Å². The summed E-state index contributed by atoms with van der Waals surface area (Å²) < 4.78 is 0. The molecule has 0 heterocycles. The number of hydrogen-bond acceptors (Lipinski definition) is 1. The zero-order valence-corrected chi connectivity index (χ0v) is 29.9. The van der Waals surface area contributed by atoms with Crippen LogP contribution in [-0.4, -0.2) is 30.3 Å². The van der Waals surface area contributed by atoms with Gasteiger partial charge in [0.25, 0.3) is 0 Å². The third-order valence-corrected chi connectivity index (χ3v) is 6.87. The predicted molar refractivity (Wildman–Crippen MR) is 183 cm³/mol. The van der Waals surface area contributed by atoms with Gasteiger partial charge in [0.15, 0.2) is 0 Å². The second kappa shape index (κ2) is 24.7. The standard InChI is InChI=1S/C18H29N3.3C7H7.Hf/c1-3-21(4-2)18(20-17-13-9-6-10-14-17)19-15-16-11-7-5-8-12-16;3*1-7-5-3-2-4-6-7;/h5,7-8,11-12,17-18H,3-4,6,9-10,13-15H2,1-2H3;3*2-6H,1H2;/q-2;3*-1;. The number of hydrogen-bond donors (Lipinski definition) is 0. The maximum atomic E-state index is 5.05. The summed E-state index contributed by atoms with van der Waals surface area (Å²) in [7, 11) is 0. The maximum Gasteiger partial charge on any atom is 0 e. The average molecular weight is 739 g/mol. The fourth-order valence-electron chi connectivity index (χ4n) is 4.43. The maximum absolute atomic E-state index is 5.05. The van der Waals surface area contributed by atoms with Crippen LogP contribution in [0.5, 0.6) is 0 Å². The molecule has 5 rings (SSSR count). The monoisotopic (exact) mass is 740 g/mol. The Morgan fingerprint density at radius 2 is 0.977 bits per heavy atom. The molecule has 1 atom stereocenters. The van der Waals surface area contributed by atoms with Crippen LogP contribution in [0.2, 0.25) is 0 Å². The minimum atomic E-state index is 0. The zero-order chi connectivity index (χ0) is 30.3. The van der Waals surface area contributed by atoms with E-state index in [0.29, 0.717) is 6.04 Å². The summed E-state index contributed by atoms with van der Waals surface area (Å²) in [6, 6.07) is 40.6. The van der Waals surface area contributed by atoms with Crippen molar-refractivity contribution in [3.05, 3.63) is 175 Å². The predicted octanol–water partition coefficient (Wildman–Crippen LogP) is 10.5. The second-order valence-electron chi connectivity index (χ2n) is 10.3. The topological polar surface area (TPSA) is 31.4 Å². The second-order valence-corrected chi connectivity index (χ2v) is 10.3. The molecule has 230 valence electrons. The summed E-state index contributed by atoms with van der Waals surface area (Å²) in [6.45, 7) is 18.3. The van der Waals surface area contributed by atoms with E-state index >= 15 is 0 Å². The van der Waals surface area contributed by atoms with Gasteiger partial charge in [-0.2, -0.15) is 80.1 Å². The van der Waals surface area contributed by atoms with E-state index < -0.39 is 0 Å². The van der Waals surface area contributed by atoms with Crippen LogP contribution in [0.25, 0.3) is 10.6 Å².